The summed E-state index contributed by atoms with van der Waals surface area (Å²) < 4.78 is 0. The van der Waals surface area contributed by atoms with Crippen LogP contribution < -0.4 is 16.4 Å². The fourth-order valence-electron chi connectivity index (χ4n) is 4.38. The van der Waals surface area contributed by atoms with Crippen molar-refractivity contribution < 1.29 is 9.72 Å². The number of fused-ring (bicyclic) bond motifs is 2. The third-order valence-electron chi connectivity index (χ3n) is 5.47. The fraction of sp³-hybridized carbons (Fsp3) is 0.611. The second-order valence-corrected chi connectivity index (χ2v) is 7.23. The number of nitrogens with zero attached hydrogens (tertiary/aromatic N) is 1. The molecule has 4 N–H and O–H groups in total. The van der Waals surface area contributed by atoms with Crippen LogP contribution in [0, 0.1) is 22.0 Å². The summed E-state index contributed by atoms with van der Waals surface area (Å²) in [7, 11) is 0. The lowest BCUT2D eigenvalue weighted by Gasteiger charge is -2.45. The first kappa shape index (κ1) is 20.5. The van der Waals surface area contributed by atoms with Crippen molar-refractivity contribution >= 4 is 29.7 Å². The molecule has 7 nitrogen and oxygen atoms in total. The van der Waals surface area contributed by atoms with Gasteiger partial charge in [-0.25, -0.2) is 0 Å². The first-order valence-electron chi connectivity index (χ1n) is 9.07. The minimum atomic E-state index is -0.422. The van der Waals surface area contributed by atoms with Crippen LogP contribution in [-0.2, 0) is 4.79 Å². The number of nitrogens with two attached hydrogens (primary N) is 1. The average molecular weight is 383 g/mol. The fourth-order valence-corrected chi connectivity index (χ4v) is 4.38. The Kier molecular flexibility index (Phi) is 7.23. The summed E-state index contributed by atoms with van der Waals surface area (Å²) in [6.45, 7) is 0.373. The van der Waals surface area contributed by atoms with Crippen LogP contribution in [0.15, 0.2) is 24.3 Å². The van der Waals surface area contributed by atoms with Crippen molar-refractivity contribution in [3.63, 3.8) is 0 Å². The molecule has 0 aliphatic heterocycles. The summed E-state index contributed by atoms with van der Waals surface area (Å²) in [5, 5.41) is 17.2. The summed E-state index contributed by atoms with van der Waals surface area (Å²) >= 11 is 0. The van der Waals surface area contributed by atoms with Crippen molar-refractivity contribution in [2.75, 3.05) is 11.9 Å². The van der Waals surface area contributed by atoms with Gasteiger partial charge in [0.15, 0.2) is 0 Å². The largest absolute Gasteiger partial charge is 0.379 e. The second kappa shape index (κ2) is 9.19. The highest BCUT2D eigenvalue weighted by Gasteiger charge is 2.39. The van der Waals surface area contributed by atoms with Crippen molar-refractivity contribution in [1.29, 1.82) is 0 Å². The van der Waals surface area contributed by atoms with Crippen LogP contribution in [0.2, 0.25) is 0 Å². The molecular formula is C18H27ClN4O3. The zero-order valence-corrected chi connectivity index (χ0v) is 15.5. The van der Waals surface area contributed by atoms with E-state index in [1.54, 1.807) is 18.2 Å². The van der Waals surface area contributed by atoms with Gasteiger partial charge in [0.2, 0.25) is 5.91 Å². The Balaban J connectivity index is 0.00000243. The van der Waals surface area contributed by atoms with Crippen LogP contribution in [0.4, 0.5) is 11.4 Å². The molecule has 0 heterocycles. The van der Waals surface area contributed by atoms with E-state index >= 15 is 0 Å². The van der Waals surface area contributed by atoms with Gasteiger partial charge >= 0.3 is 0 Å². The Labute approximate surface area is 159 Å². The molecule has 0 spiro atoms. The number of halogens is 1. The molecule has 0 aromatic heterocycles. The lowest BCUT2D eigenvalue weighted by atomic mass is 9.67. The molecule has 8 heteroatoms. The maximum atomic E-state index is 12.3. The van der Waals surface area contributed by atoms with Gasteiger partial charge in [-0.15, -0.1) is 12.4 Å². The van der Waals surface area contributed by atoms with Gasteiger partial charge in [-0.3, -0.25) is 14.9 Å². The molecule has 2 bridgehead atoms. The van der Waals surface area contributed by atoms with E-state index in [1.807, 2.05) is 0 Å². The number of carbonyl (C=O) groups is 1. The van der Waals surface area contributed by atoms with Gasteiger partial charge in [0.1, 0.15) is 5.69 Å². The van der Waals surface area contributed by atoms with Crippen LogP contribution in [0.3, 0.4) is 0 Å². The van der Waals surface area contributed by atoms with E-state index in [-0.39, 0.29) is 36.1 Å². The van der Waals surface area contributed by atoms with Crippen molar-refractivity contribution in [3.05, 3.63) is 34.4 Å². The van der Waals surface area contributed by atoms with Gasteiger partial charge in [-0.2, -0.15) is 0 Å². The highest BCUT2D eigenvalue weighted by atomic mass is 35.5. The molecule has 144 valence electrons. The number of nitrogens with one attached hydrogen (secondary N) is 2. The molecule has 2 unspecified atom stereocenters. The standard InChI is InChI=1S/C18H26N4O3.ClH/c19-14-10-12-4-3-5-13(11-14)18(12)21-17(23)8-9-20-15-6-1-2-7-16(15)22(24)25;/h1-2,6-7,12-14,18,20H,3-5,8-11,19H2,(H,21,23);1H. The number of carbonyl (C=O) groups excluding carboxylic acids is 1. The zero-order chi connectivity index (χ0) is 17.8. The number of rotatable bonds is 6. The Morgan fingerprint density at radius 3 is 2.54 bits per heavy atom. The predicted octanol–water partition coefficient (Wildman–Crippen LogP) is 2.84. The van der Waals surface area contributed by atoms with E-state index < -0.39 is 4.92 Å². The number of anilines is 1. The van der Waals surface area contributed by atoms with Crippen LogP contribution >= 0.6 is 12.4 Å². The molecule has 0 radical (unpaired) electrons. The summed E-state index contributed by atoms with van der Waals surface area (Å²) in [4.78, 5) is 22.9. The van der Waals surface area contributed by atoms with Crippen LogP contribution in [0.5, 0.6) is 0 Å². The Morgan fingerprint density at radius 1 is 1.23 bits per heavy atom. The van der Waals surface area contributed by atoms with E-state index in [9.17, 15) is 14.9 Å². The molecule has 1 aromatic rings. The summed E-state index contributed by atoms with van der Waals surface area (Å²) in [6, 6.07) is 6.98. The van der Waals surface area contributed by atoms with E-state index in [0.717, 1.165) is 25.7 Å². The lowest BCUT2D eigenvalue weighted by molar-refractivity contribution is -0.384. The molecule has 1 aromatic carbocycles. The number of amides is 1. The van der Waals surface area contributed by atoms with Gasteiger partial charge in [-0.05, 0) is 43.6 Å². The van der Waals surface area contributed by atoms with Crippen molar-refractivity contribution in [1.82, 2.24) is 5.32 Å². The van der Waals surface area contributed by atoms with Crippen molar-refractivity contribution in [3.8, 4) is 0 Å². The molecule has 3 rings (SSSR count). The highest BCUT2D eigenvalue weighted by molar-refractivity contribution is 5.85. The topological polar surface area (TPSA) is 110 Å². The smallest absolute Gasteiger partial charge is 0.292 e. The lowest BCUT2D eigenvalue weighted by Crippen LogP contribution is -2.53. The van der Waals surface area contributed by atoms with Gasteiger partial charge in [0.05, 0.1) is 4.92 Å². The highest BCUT2D eigenvalue weighted by Crippen LogP contribution is 2.39. The molecule has 26 heavy (non-hydrogen) atoms. The minimum Gasteiger partial charge on any atom is -0.379 e. The van der Waals surface area contributed by atoms with Gasteiger partial charge in [0.25, 0.3) is 5.69 Å². The van der Waals surface area contributed by atoms with Gasteiger partial charge in [-0.1, -0.05) is 18.6 Å². The Morgan fingerprint density at radius 2 is 1.88 bits per heavy atom. The Hall–Kier alpha value is -1.86. The average Bonchev–Trinajstić information content (AvgIpc) is 2.56. The van der Waals surface area contributed by atoms with Crippen LogP contribution in [-0.4, -0.2) is 29.5 Å². The van der Waals surface area contributed by atoms with Crippen LogP contribution in [0.25, 0.3) is 0 Å². The first-order chi connectivity index (χ1) is 12.0. The molecule has 2 atom stereocenters. The number of hydrogen-bond donors (Lipinski definition) is 3. The molecule has 2 aliphatic rings. The quantitative estimate of drug-likeness (QED) is 0.517. The monoisotopic (exact) mass is 382 g/mol. The summed E-state index contributed by atoms with van der Waals surface area (Å²) in [5.41, 5.74) is 6.60. The van der Waals surface area contributed by atoms with E-state index in [2.05, 4.69) is 10.6 Å². The number of benzene rings is 1. The van der Waals surface area contributed by atoms with Gasteiger partial charge < -0.3 is 16.4 Å². The first-order valence-corrected chi connectivity index (χ1v) is 9.07. The van der Waals surface area contributed by atoms with E-state index in [0.29, 0.717) is 30.5 Å². The number of nitro groups is 1. The van der Waals surface area contributed by atoms with Crippen molar-refractivity contribution in [2.24, 2.45) is 17.6 Å². The van der Waals surface area contributed by atoms with Crippen molar-refractivity contribution in [2.45, 2.75) is 50.6 Å². The zero-order valence-electron chi connectivity index (χ0n) is 14.7. The second-order valence-electron chi connectivity index (χ2n) is 7.23. The number of nitro benzene ring substituents is 1. The molecular weight excluding hydrogens is 356 g/mol. The SMILES string of the molecule is Cl.NC1CC2CCCC(C1)C2NC(=O)CCNc1ccccc1[N+](=O)[O-]. The summed E-state index contributed by atoms with van der Waals surface area (Å²) in [6.07, 6.45) is 5.81. The molecule has 2 aliphatic carbocycles. The van der Waals surface area contributed by atoms with Crippen LogP contribution in [0.1, 0.15) is 38.5 Å². The summed E-state index contributed by atoms with van der Waals surface area (Å²) in [5.74, 6) is 0.993. The normalized spacial score (nSPS) is 27.1. The predicted molar refractivity (Wildman–Crippen MR) is 103 cm³/mol. The minimum absolute atomic E-state index is 0. The Bertz CT molecular complexity index is 629. The molecule has 1 amide bonds. The third kappa shape index (κ3) is 4.86. The number of hydrogen-bond acceptors (Lipinski definition) is 5. The van der Waals surface area contributed by atoms with E-state index in [4.69, 9.17) is 5.73 Å². The maximum Gasteiger partial charge on any atom is 0.292 e. The molecule has 0 saturated heterocycles. The number of para-hydroxylation sites is 2. The maximum absolute atomic E-state index is 12.3. The van der Waals surface area contributed by atoms with E-state index in [1.165, 1.54) is 12.5 Å². The van der Waals surface area contributed by atoms with Gasteiger partial charge in [0, 0.05) is 31.1 Å². The molecule has 2 fully saturated rings. The molecule has 2 saturated carbocycles. The third-order valence-corrected chi connectivity index (χ3v) is 5.47.